The second kappa shape index (κ2) is 5.51. The first kappa shape index (κ1) is 19.7. The molecule has 1 N–H and O–H groups in total. The molecule has 0 aliphatic heterocycles. The van der Waals surface area contributed by atoms with Gasteiger partial charge in [-0.25, -0.2) is 0 Å². The molecule has 0 heterocycles. The Bertz CT molecular complexity index is 312. The Labute approximate surface area is 124 Å². The molecule has 0 rings (SSSR count). The summed E-state index contributed by atoms with van der Waals surface area (Å²) in [6, 6.07) is 0. The molecule has 116 valence electrons. The van der Waals surface area contributed by atoms with Crippen LogP contribution in [0.25, 0.3) is 0 Å². The van der Waals surface area contributed by atoms with Gasteiger partial charge in [-0.15, -0.1) is 0 Å². The lowest BCUT2D eigenvalue weighted by atomic mass is 10.5. The van der Waals surface area contributed by atoms with E-state index in [1.165, 1.54) is 0 Å². The second-order valence-electron chi connectivity index (χ2n) is 8.58. The van der Waals surface area contributed by atoms with Crippen molar-refractivity contribution in [3.05, 3.63) is 0 Å². The topological polar surface area (TPSA) is 38.7 Å². The fourth-order valence-corrected chi connectivity index (χ4v) is 18.3. The van der Waals surface area contributed by atoms with Crippen LogP contribution in [-0.4, -0.2) is 42.6 Å². The van der Waals surface area contributed by atoms with E-state index in [0.717, 1.165) is 0 Å². The molecule has 0 aliphatic carbocycles. The Kier molecular flexibility index (Phi) is 5.72. The predicted molar refractivity (Wildman–Crippen MR) is 94.3 cm³/mol. The van der Waals surface area contributed by atoms with Crippen molar-refractivity contribution in [2.24, 2.45) is 0 Å². The van der Waals surface area contributed by atoms with Gasteiger partial charge < -0.3 is 13.3 Å². The second-order valence-corrected chi connectivity index (χ2v) is 33.2. The van der Waals surface area contributed by atoms with Crippen LogP contribution in [-0.2, 0) is 8.23 Å². The van der Waals surface area contributed by atoms with E-state index in [1.807, 2.05) is 20.4 Å². The van der Waals surface area contributed by atoms with Gasteiger partial charge >= 0.3 is 8.56 Å². The average molecular weight is 339 g/mol. The summed E-state index contributed by atoms with van der Waals surface area (Å²) in [5.41, 5.74) is 0. The monoisotopic (exact) mass is 338 g/mol. The van der Waals surface area contributed by atoms with Crippen LogP contribution in [0.3, 0.4) is 0 Å². The molecular formula is C12H34O3Si4. The summed E-state index contributed by atoms with van der Waals surface area (Å²) in [5.74, 6) is 0. The lowest BCUT2D eigenvalue weighted by Gasteiger charge is -2.48. The quantitative estimate of drug-likeness (QED) is 0.747. The molecule has 1 unspecified atom stereocenters. The molecule has 0 spiro atoms. The average Bonchev–Trinajstić information content (AvgIpc) is 1.92. The molecule has 3 nitrogen and oxygen atoms in total. The number of aliphatic hydroxyl groups is 1. The first-order chi connectivity index (χ1) is 7.91. The summed E-state index contributed by atoms with van der Waals surface area (Å²) in [7, 11) is -7.55. The molecule has 7 heteroatoms. The maximum absolute atomic E-state index is 10.6. The zero-order valence-corrected chi connectivity index (χ0v) is 18.8. The summed E-state index contributed by atoms with van der Waals surface area (Å²) < 4.78 is 13.0. The van der Waals surface area contributed by atoms with E-state index in [9.17, 15) is 5.11 Å². The van der Waals surface area contributed by atoms with Crippen molar-refractivity contribution in [3.63, 3.8) is 0 Å². The summed E-state index contributed by atoms with van der Waals surface area (Å²) in [6.07, 6.45) is 0. The van der Waals surface area contributed by atoms with Crippen LogP contribution in [0.5, 0.6) is 0 Å². The van der Waals surface area contributed by atoms with Gasteiger partial charge in [-0.2, -0.15) is 0 Å². The van der Waals surface area contributed by atoms with E-state index in [0.29, 0.717) is 0 Å². The van der Waals surface area contributed by atoms with Gasteiger partial charge in [0.05, 0.1) is 7.59 Å². The number of hydrogen-bond donors (Lipinski definition) is 1. The van der Waals surface area contributed by atoms with Crippen molar-refractivity contribution < 1.29 is 13.3 Å². The minimum absolute atomic E-state index is 0.878. The van der Waals surface area contributed by atoms with Crippen LogP contribution >= 0.6 is 0 Å². The van der Waals surface area contributed by atoms with Crippen molar-refractivity contribution in [2.75, 3.05) is 0 Å². The molecule has 1 atom stereocenters. The summed E-state index contributed by atoms with van der Waals surface area (Å²) in [4.78, 5) is 0. The summed E-state index contributed by atoms with van der Waals surface area (Å²) in [5, 5.41) is 9.72. The van der Waals surface area contributed by atoms with Gasteiger partial charge in [0.1, 0.15) is 5.22 Å². The Morgan fingerprint density at radius 3 is 1.32 bits per heavy atom. The highest BCUT2D eigenvalue weighted by Crippen LogP contribution is 2.32. The molecule has 0 aromatic carbocycles. The van der Waals surface area contributed by atoms with E-state index in [2.05, 4.69) is 52.4 Å². The lowest BCUT2D eigenvalue weighted by Crippen LogP contribution is -2.69. The Morgan fingerprint density at radius 2 is 1.11 bits per heavy atom. The van der Waals surface area contributed by atoms with Crippen LogP contribution in [0.4, 0.5) is 0 Å². The standard InChI is InChI=1S/C12H34O3Si4/c1-12(2,13)19(11,14-16(3,4)5)15-18(9,10)17(6,7)8/h13H,1-11H3. The zero-order valence-electron chi connectivity index (χ0n) is 14.8. The summed E-state index contributed by atoms with van der Waals surface area (Å²) >= 11 is 0. The molecule has 0 saturated heterocycles. The maximum atomic E-state index is 10.6. The highest BCUT2D eigenvalue weighted by molar-refractivity contribution is 7.38. The van der Waals surface area contributed by atoms with E-state index in [-0.39, 0.29) is 0 Å². The van der Waals surface area contributed by atoms with Gasteiger partial charge in [0, 0.05) is 0 Å². The van der Waals surface area contributed by atoms with Gasteiger partial charge in [-0.3, -0.25) is 0 Å². The third-order valence-electron chi connectivity index (χ3n) is 3.87. The van der Waals surface area contributed by atoms with Gasteiger partial charge in [0.25, 0.3) is 0 Å². The van der Waals surface area contributed by atoms with Gasteiger partial charge in [0.15, 0.2) is 16.2 Å². The van der Waals surface area contributed by atoms with Crippen LogP contribution in [0.2, 0.25) is 58.9 Å². The zero-order chi connectivity index (χ0) is 15.9. The number of rotatable bonds is 6. The molecule has 0 aliphatic rings. The molecule has 0 fully saturated rings. The molecular weight excluding hydrogens is 304 g/mol. The molecule has 0 radical (unpaired) electrons. The first-order valence-electron chi connectivity index (χ1n) is 7.04. The normalized spacial score (nSPS) is 18.3. The predicted octanol–water partition coefficient (Wildman–Crippen LogP) is 3.86. The highest BCUT2D eigenvalue weighted by atomic mass is 29.3. The van der Waals surface area contributed by atoms with Crippen LogP contribution in [0.1, 0.15) is 13.8 Å². The molecule has 0 aromatic heterocycles. The largest absolute Gasteiger partial charge is 0.437 e. The van der Waals surface area contributed by atoms with Crippen LogP contribution in [0.15, 0.2) is 0 Å². The fourth-order valence-electron chi connectivity index (χ4n) is 1.49. The molecule has 0 saturated carbocycles. The third-order valence-corrected chi connectivity index (χ3v) is 29.1. The Balaban J connectivity index is 5.44. The summed E-state index contributed by atoms with van der Waals surface area (Å²) in [6.45, 7) is 23.8. The molecule has 0 aromatic rings. The Morgan fingerprint density at radius 1 is 0.737 bits per heavy atom. The van der Waals surface area contributed by atoms with Gasteiger partial charge in [-0.1, -0.05) is 19.6 Å². The smallest absolute Gasteiger partial charge is 0.346 e. The van der Waals surface area contributed by atoms with Crippen LogP contribution in [0, 0.1) is 0 Å². The van der Waals surface area contributed by atoms with Crippen molar-refractivity contribution in [2.45, 2.75) is 78.0 Å². The number of hydrogen-bond acceptors (Lipinski definition) is 3. The van der Waals surface area contributed by atoms with Crippen molar-refractivity contribution in [1.82, 2.24) is 0 Å². The highest BCUT2D eigenvalue weighted by Gasteiger charge is 2.54. The minimum atomic E-state index is -2.62. The molecule has 0 bridgehead atoms. The fraction of sp³-hybridized carbons (Fsp3) is 1.00. The SMILES string of the molecule is CC(C)(O)[Si](C)(O[Si](C)(C)C)O[Si](C)(C)[Si](C)(C)C. The minimum Gasteiger partial charge on any atom is -0.437 e. The molecule has 19 heavy (non-hydrogen) atoms. The third kappa shape index (κ3) is 5.56. The van der Waals surface area contributed by atoms with Crippen LogP contribution < -0.4 is 0 Å². The van der Waals surface area contributed by atoms with E-state index in [4.69, 9.17) is 8.23 Å². The lowest BCUT2D eigenvalue weighted by molar-refractivity contribution is 0.111. The Hall–Kier alpha value is 0.748. The van der Waals surface area contributed by atoms with Gasteiger partial charge in [-0.05, 0) is 53.1 Å². The maximum Gasteiger partial charge on any atom is 0.346 e. The van der Waals surface area contributed by atoms with Crippen molar-refractivity contribution >= 4 is 32.3 Å². The van der Waals surface area contributed by atoms with E-state index < -0.39 is 37.5 Å². The van der Waals surface area contributed by atoms with E-state index in [1.54, 1.807) is 0 Å². The van der Waals surface area contributed by atoms with Gasteiger partial charge in [0.2, 0.25) is 0 Å². The van der Waals surface area contributed by atoms with E-state index >= 15 is 0 Å². The first-order valence-corrected chi connectivity index (χ1v) is 20.2. The van der Waals surface area contributed by atoms with Crippen molar-refractivity contribution in [1.29, 1.82) is 0 Å². The molecule has 0 amide bonds. The van der Waals surface area contributed by atoms with Crippen molar-refractivity contribution in [3.8, 4) is 0 Å².